The van der Waals surface area contributed by atoms with Crippen LogP contribution in [0, 0.1) is 0 Å². The van der Waals surface area contributed by atoms with Crippen LogP contribution in [0.5, 0.6) is 0 Å². The Morgan fingerprint density at radius 2 is 2.09 bits per heavy atom. The summed E-state index contributed by atoms with van der Waals surface area (Å²) in [5.41, 5.74) is 0.569. The molecule has 2 aromatic heterocycles. The summed E-state index contributed by atoms with van der Waals surface area (Å²) in [7, 11) is 0. The van der Waals surface area contributed by atoms with Gasteiger partial charge in [0.25, 0.3) is 5.56 Å². The molecule has 0 aliphatic carbocycles. The van der Waals surface area contributed by atoms with Crippen LogP contribution >= 0.6 is 23.1 Å². The summed E-state index contributed by atoms with van der Waals surface area (Å²) in [6.07, 6.45) is 0. The quantitative estimate of drug-likeness (QED) is 0.569. The second-order valence-corrected chi connectivity index (χ2v) is 6.85. The first-order valence-corrected chi connectivity index (χ1v) is 8.39. The third-order valence-corrected chi connectivity index (χ3v) is 4.80. The fourth-order valence-corrected chi connectivity index (χ4v) is 3.51. The van der Waals surface area contributed by atoms with E-state index < -0.39 is 0 Å². The predicted octanol–water partition coefficient (Wildman–Crippen LogP) is 3.10. The summed E-state index contributed by atoms with van der Waals surface area (Å²) < 4.78 is 0. The highest BCUT2D eigenvalue weighted by Gasteiger charge is 2.16. The second kappa shape index (κ2) is 6.33. The summed E-state index contributed by atoms with van der Waals surface area (Å²) in [6.45, 7) is 1.78. The van der Waals surface area contributed by atoms with Gasteiger partial charge < -0.3 is 10.3 Å². The van der Waals surface area contributed by atoms with Crippen LogP contribution in [0.3, 0.4) is 0 Å². The van der Waals surface area contributed by atoms with E-state index in [0.29, 0.717) is 15.4 Å². The lowest BCUT2D eigenvalue weighted by molar-refractivity contribution is -0.115. The molecule has 3 aromatic rings. The van der Waals surface area contributed by atoms with Gasteiger partial charge in [0.15, 0.2) is 5.16 Å². The number of hydrogen-bond acceptors (Lipinski definition) is 5. The Balaban J connectivity index is 1.73. The number of hydrogen-bond donors (Lipinski definition) is 2. The first-order valence-electron chi connectivity index (χ1n) is 6.63. The molecule has 0 spiro atoms. The summed E-state index contributed by atoms with van der Waals surface area (Å²) in [5, 5.41) is 5.32. The average Bonchev–Trinajstić information content (AvgIpc) is 2.97. The highest BCUT2D eigenvalue weighted by molar-refractivity contribution is 8.00. The minimum atomic E-state index is -0.374. The highest BCUT2D eigenvalue weighted by Crippen LogP contribution is 2.23. The van der Waals surface area contributed by atoms with Crippen molar-refractivity contribution in [1.82, 2.24) is 9.97 Å². The number of para-hydroxylation sites is 1. The minimum absolute atomic E-state index is 0.134. The Morgan fingerprint density at radius 3 is 2.86 bits per heavy atom. The number of H-pyrrole nitrogens is 1. The number of carbonyl (C=O) groups is 1. The molecule has 2 N–H and O–H groups in total. The molecule has 1 atom stereocenters. The van der Waals surface area contributed by atoms with Crippen LogP contribution in [0.15, 0.2) is 51.7 Å². The number of fused-ring (bicyclic) bond motifs is 1. The maximum atomic E-state index is 12.2. The van der Waals surface area contributed by atoms with Crippen LogP contribution in [-0.4, -0.2) is 21.1 Å². The number of thiophene rings is 1. The summed E-state index contributed by atoms with van der Waals surface area (Å²) in [4.78, 5) is 31.8. The monoisotopic (exact) mass is 331 g/mol. The van der Waals surface area contributed by atoms with Crippen molar-refractivity contribution < 1.29 is 4.79 Å². The van der Waals surface area contributed by atoms with Gasteiger partial charge in [-0.1, -0.05) is 30.0 Å². The third-order valence-electron chi connectivity index (χ3n) is 3.01. The number of nitrogens with one attached hydrogen (secondary N) is 2. The van der Waals surface area contributed by atoms with Gasteiger partial charge in [0, 0.05) is 5.69 Å². The maximum Gasteiger partial charge on any atom is 0.260 e. The van der Waals surface area contributed by atoms with Gasteiger partial charge in [-0.25, -0.2) is 4.98 Å². The van der Waals surface area contributed by atoms with Gasteiger partial charge in [-0.05, 0) is 30.5 Å². The SMILES string of the molecule is C[C@H](Sc1nc2sccc2c(=O)[nH]1)C(=O)Nc1ccccc1. The van der Waals surface area contributed by atoms with Crippen molar-refractivity contribution in [3.8, 4) is 0 Å². The molecule has 2 heterocycles. The lowest BCUT2D eigenvalue weighted by Gasteiger charge is -2.11. The molecule has 22 heavy (non-hydrogen) atoms. The number of anilines is 1. The summed E-state index contributed by atoms with van der Waals surface area (Å²) >= 11 is 2.64. The molecule has 0 saturated heterocycles. The Bertz CT molecular complexity index is 858. The van der Waals surface area contributed by atoms with E-state index in [1.54, 1.807) is 13.0 Å². The second-order valence-electron chi connectivity index (χ2n) is 4.63. The van der Waals surface area contributed by atoms with E-state index in [9.17, 15) is 9.59 Å². The largest absolute Gasteiger partial charge is 0.325 e. The molecule has 3 rings (SSSR count). The van der Waals surface area contributed by atoms with Gasteiger partial charge in [-0.3, -0.25) is 9.59 Å². The van der Waals surface area contributed by atoms with Crippen molar-refractivity contribution in [3.63, 3.8) is 0 Å². The van der Waals surface area contributed by atoms with Gasteiger partial charge in [0.2, 0.25) is 5.91 Å². The van der Waals surface area contributed by atoms with Gasteiger partial charge in [-0.15, -0.1) is 11.3 Å². The molecule has 7 heteroatoms. The standard InChI is InChI=1S/C15H13N3O2S2/c1-9(12(19)16-10-5-3-2-4-6-10)22-15-17-13(20)11-7-8-21-14(11)18-15/h2-9H,1H3,(H,16,19)(H,17,18,20)/t9-/m0/s1. The van der Waals surface area contributed by atoms with Crippen molar-refractivity contribution in [2.45, 2.75) is 17.3 Å². The summed E-state index contributed by atoms with van der Waals surface area (Å²) in [6, 6.07) is 11.0. The number of carbonyl (C=O) groups excluding carboxylic acids is 1. The van der Waals surface area contributed by atoms with Crippen molar-refractivity contribution in [3.05, 3.63) is 52.1 Å². The number of nitrogens with zero attached hydrogens (tertiary/aromatic N) is 1. The number of thioether (sulfide) groups is 1. The van der Waals surface area contributed by atoms with Gasteiger partial charge in [0.05, 0.1) is 10.6 Å². The van der Waals surface area contributed by atoms with E-state index >= 15 is 0 Å². The minimum Gasteiger partial charge on any atom is -0.325 e. The first-order chi connectivity index (χ1) is 10.6. The predicted molar refractivity (Wildman–Crippen MR) is 90.6 cm³/mol. The number of aromatic nitrogens is 2. The maximum absolute atomic E-state index is 12.2. The molecular weight excluding hydrogens is 318 g/mol. The molecule has 0 unspecified atom stereocenters. The van der Waals surface area contributed by atoms with E-state index in [4.69, 9.17) is 0 Å². The Morgan fingerprint density at radius 1 is 1.32 bits per heavy atom. The lowest BCUT2D eigenvalue weighted by Crippen LogP contribution is -2.23. The van der Waals surface area contributed by atoms with Gasteiger partial charge >= 0.3 is 0 Å². The molecule has 1 aromatic carbocycles. The zero-order valence-corrected chi connectivity index (χ0v) is 13.3. The average molecular weight is 331 g/mol. The van der Waals surface area contributed by atoms with Crippen LogP contribution in [0.1, 0.15) is 6.92 Å². The zero-order valence-electron chi connectivity index (χ0n) is 11.7. The van der Waals surface area contributed by atoms with E-state index in [1.807, 2.05) is 35.7 Å². The van der Waals surface area contributed by atoms with E-state index in [-0.39, 0.29) is 16.7 Å². The smallest absolute Gasteiger partial charge is 0.260 e. The topological polar surface area (TPSA) is 74.8 Å². The summed E-state index contributed by atoms with van der Waals surface area (Å²) in [5.74, 6) is -0.134. The molecule has 112 valence electrons. The molecule has 0 radical (unpaired) electrons. The van der Waals surface area contributed by atoms with Crippen molar-refractivity contribution in [1.29, 1.82) is 0 Å². The zero-order chi connectivity index (χ0) is 15.5. The number of aromatic amines is 1. The molecule has 5 nitrogen and oxygen atoms in total. The van der Waals surface area contributed by atoms with Crippen LogP contribution in [-0.2, 0) is 4.79 Å². The molecule has 0 bridgehead atoms. The Kier molecular flexibility index (Phi) is 4.26. The molecular formula is C15H13N3O2S2. The van der Waals surface area contributed by atoms with E-state index in [0.717, 1.165) is 5.69 Å². The van der Waals surface area contributed by atoms with E-state index in [1.165, 1.54) is 23.1 Å². The third kappa shape index (κ3) is 3.20. The van der Waals surface area contributed by atoms with Crippen LogP contribution in [0.25, 0.3) is 10.2 Å². The fraction of sp³-hybridized carbons (Fsp3) is 0.133. The number of benzene rings is 1. The molecule has 1 amide bonds. The number of amides is 1. The fourth-order valence-electron chi connectivity index (χ4n) is 1.89. The van der Waals surface area contributed by atoms with Crippen molar-refractivity contribution >= 4 is 44.9 Å². The first kappa shape index (κ1) is 14.8. The number of rotatable bonds is 4. The van der Waals surface area contributed by atoms with Crippen molar-refractivity contribution in [2.24, 2.45) is 0 Å². The van der Waals surface area contributed by atoms with Gasteiger partial charge in [-0.2, -0.15) is 0 Å². The molecule has 0 aliphatic heterocycles. The van der Waals surface area contributed by atoms with Crippen molar-refractivity contribution in [2.75, 3.05) is 5.32 Å². The van der Waals surface area contributed by atoms with Crippen LogP contribution in [0.4, 0.5) is 5.69 Å². The Hall–Kier alpha value is -2.12. The molecule has 0 fully saturated rings. The Labute approximate surface area is 134 Å². The highest BCUT2D eigenvalue weighted by atomic mass is 32.2. The lowest BCUT2D eigenvalue weighted by atomic mass is 10.3. The molecule has 0 aliphatic rings. The van der Waals surface area contributed by atoms with Crippen LogP contribution in [0.2, 0.25) is 0 Å². The van der Waals surface area contributed by atoms with Gasteiger partial charge in [0.1, 0.15) is 4.83 Å². The van der Waals surface area contributed by atoms with Crippen LogP contribution < -0.4 is 10.9 Å². The van der Waals surface area contributed by atoms with E-state index in [2.05, 4.69) is 15.3 Å². The molecule has 0 saturated carbocycles. The normalized spacial score (nSPS) is 12.2.